The van der Waals surface area contributed by atoms with Gasteiger partial charge in [-0.2, -0.15) is 0 Å². The Balaban J connectivity index is 2.53. The van der Waals surface area contributed by atoms with Crippen molar-refractivity contribution in [3.63, 3.8) is 0 Å². The van der Waals surface area contributed by atoms with Crippen LogP contribution >= 0.6 is 0 Å². The van der Waals surface area contributed by atoms with Crippen molar-refractivity contribution in [1.29, 1.82) is 0 Å². The fraction of sp³-hybridized carbons (Fsp3) is 0.125. The van der Waals surface area contributed by atoms with E-state index in [1.54, 1.807) is 14.2 Å². The Labute approximate surface area is 107 Å². The Hall–Kier alpha value is -2.22. The van der Waals surface area contributed by atoms with E-state index in [0.29, 0.717) is 11.5 Å². The van der Waals surface area contributed by atoms with Crippen molar-refractivity contribution in [3.05, 3.63) is 60.7 Å². The average Bonchev–Trinajstić information content (AvgIpc) is 2.44. The maximum Gasteiger partial charge on any atom is 0.118 e. The van der Waals surface area contributed by atoms with Gasteiger partial charge in [-0.15, -0.1) is 0 Å². The Morgan fingerprint density at radius 3 is 1.61 bits per heavy atom. The molecule has 92 valence electrons. The number of hydrogen-bond donors (Lipinski definition) is 0. The zero-order valence-electron chi connectivity index (χ0n) is 10.7. The first-order chi connectivity index (χ1) is 8.65. The van der Waals surface area contributed by atoms with E-state index in [2.05, 4.69) is 13.2 Å². The number of benzene rings is 2. The summed E-state index contributed by atoms with van der Waals surface area (Å²) in [5.41, 5.74) is 1.95. The van der Waals surface area contributed by atoms with Crippen LogP contribution < -0.4 is 0 Å². The first kappa shape index (κ1) is 12.2. The molecule has 2 nitrogen and oxygen atoms in total. The number of fused-ring (bicyclic) bond motifs is 1. The molecule has 18 heavy (non-hydrogen) atoms. The molecule has 0 heterocycles. The molecule has 0 bridgehead atoms. The third-order valence-corrected chi connectivity index (χ3v) is 2.98. The van der Waals surface area contributed by atoms with Crippen LogP contribution in [0.4, 0.5) is 0 Å². The molecule has 0 atom stereocenters. The number of ether oxygens (including phenoxy) is 2. The summed E-state index contributed by atoms with van der Waals surface area (Å²) >= 11 is 0. The standard InChI is InChI=1S/C16H16O2/c1-11(17-3)14-7-5-13-6-8-15(12(2)18-4)10-16(13)9-14/h5-10H,1-2H2,3-4H3. The molecule has 0 amide bonds. The molecule has 2 aromatic rings. The minimum absolute atomic E-state index is 0.660. The van der Waals surface area contributed by atoms with Gasteiger partial charge in [-0.1, -0.05) is 37.4 Å². The quantitative estimate of drug-likeness (QED) is 0.750. The summed E-state index contributed by atoms with van der Waals surface area (Å²) in [5.74, 6) is 1.32. The van der Waals surface area contributed by atoms with Crippen LogP contribution in [0, 0.1) is 0 Å². The molecule has 0 spiro atoms. The van der Waals surface area contributed by atoms with Gasteiger partial charge in [0.15, 0.2) is 0 Å². The van der Waals surface area contributed by atoms with E-state index in [1.165, 1.54) is 0 Å². The van der Waals surface area contributed by atoms with Crippen LogP contribution in [0.3, 0.4) is 0 Å². The fourth-order valence-electron chi connectivity index (χ4n) is 1.83. The molecule has 2 aromatic carbocycles. The van der Waals surface area contributed by atoms with Crippen molar-refractivity contribution in [2.75, 3.05) is 14.2 Å². The highest BCUT2D eigenvalue weighted by molar-refractivity contribution is 5.88. The van der Waals surface area contributed by atoms with Crippen molar-refractivity contribution in [1.82, 2.24) is 0 Å². The van der Waals surface area contributed by atoms with Gasteiger partial charge in [0.05, 0.1) is 14.2 Å². The van der Waals surface area contributed by atoms with Crippen molar-refractivity contribution in [2.24, 2.45) is 0 Å². The largest absolute Gasteiger partial charge is 0.497 e. The fourth-order valence-corrected chi connectivity index (χ4v) is 1.83. The van der Waals surface area contributed by atoms with Gasteiger partial charge in [-0.05, 0) is 22.9 Å². The molecule has 0 aliphatic rings. The van der Waals surface area contributed by atoms with Crippen molar-refractivity contribution >= 4 is 22.3 Å². The Morgan fingerprint density at radius 2 is 1.22 bits per heavy atom. The molecule has 0 unspecified atom stereocenters. The zero-order chi connectivity index (χ0) is 13.1. The molecule has 0 saturated heterocycles. The maximum atomic E-state index is 5.15. The van der Waals surface area contributed by atoms with Crippen molar-refractivity contribution in [3.8, 4) is 0 Å². The van der Waals surface area contributed by atoms with Crippen LogP contribution in [0.5, 0.6) is 0 Å². The van der Waals surface area contributed by atoms with Gasteiger partial charge >= 0.3 is 0 Å². The smallest absolute Gasteiger partial charge is 0.118 e. The van der Waals surface area contributed by atoms with Crippen molar-refractivity contribution < 1.29 is 9.47 Å². The molecule has 0 radical (unpaired) electrons. The third kappa shape index (κ3) is 2.23. The summed E-state index contributed by atoms with van der Waals surface area (Å²) in [6.45, 7) is 7.72. The Kier molecular flexibility index (Phi) is 3.38. The lowest BCUT2D eigenvalue weighted by Crippen LogP contribution is -1.88. The van der Waals surface area contributed by atoms with E-state index >= 15 is 0 Å². The topological polar surface area (TPSA) is 18.5 Å². The van der Waals surface area contributed by atoms with Crippen LogP contribution in [0.15, 0.2) is 49.6 Å². The van der Waals surface area contributed by atoms with Crippen LogP contribution in [0.25, 0.3) is 22.3 Å². The summed E-state index contributed by atoms with van der Waals surface area (Å²) in [6.07, 6.45) is 0. The highest BCUT2D eigenvalue weighted by Gasteiger charge is 2.03. The van der Waals surface area contributed by atoms with E-state index in [1.807, 2.05) is 36.4 Å². The molecular formula is C16H16O2. The second kappa shape index (κ2) is 4.96. The zero-order valence-corrected chi connectivity index (χ0v) is 10.7. The highest BCUT2D eigenvalue weighted by atomic mass is 16.5. The van der Waals surface area contributed by atoms with Gasteiger partial charge < -0.3 is 9.47 Å². The van der Waals surface area contributed by atoms with Gasteiger partial charge in [-0.25, -0.2) is 0 Å². The molecule has 0 aromatic heterocycles. The predicted octanol–water partition coefficient (Wildman–Crippen LogP) is 4.07. The SMILES string of the molecule is C=C(OC)c1ccc2ccc(C(=C)OC)cc2c1. The van der Waals surface area contributed by atoms with Gasteiger partial charge in [0.2, 0.25) is 0 Å². The summed E-state index contributed by atoms with van der Waals surface area (Å²) < 4.78 is 10.3. The highest BCUT2D eigenvalue weighted by Crippen LogP contribution is 2.24. The molecule has 0 fully saturated rings. The lowest BCUT2D eigenvalue weighted by molar-refractivity contribution is 0.371. The van der Waals surface area contributed by atoms with Crippen LogP contribution in [-0.2, 0) is 9.47 Å². The van der Waals surface area contributed by atoms with Gasteiger partial charge in [0, 0.05) is 11.1 Å². The molecule has 0 saturated carbocycles. The minimum atomic E-state index is 0.660. The first-order valence-electron chi connectivity index (χ1n) is 5.66. The van der Waals surface area contributed by atoms with Gasteiger partial charge in [-0.3, -0.25) is 0 Å². The number of hydrogen-bond acceptors (Lipinski definition) is 2. The second-order valence-corrected chi connectivity index (χ2v) is 4.03. The van der Waals surface area contributed by atoms with E-state index < -0.39 is 0 Å². The van der Waals surface area contributed by atoms with Gasteiger partial charge in [0.1, 0.15) is 11.5 Å². The first-order valence-corrected chi connectivity index (χ1v) is 5.66. The summed E-state index contributed by atoms with van der Waals surface area (Å²) in [6, 6.07) is 12.2. The van der Waals surface area contributed by atoms with E-state index in [9.17, 15) is 0 Å². The minimum Gasteiger partial charge on any atom is -0.497 e. The summed E-state index contributed by atoms with van der Waals surface area (Å²) in [7, 11) is 3.24. The lowest BCUT2D eigenvalue weighted by Gasteiger charge is -2.08. The predicted molar refractivity (Wildman–Crippen MR) is 76.0 cm³/mol. The monoisotopic (exact) mass is 240 g/mol. The molecule has 2 heteroatoms. The molecule has 0 aliphatic carbocycles. The summed E-state index contributed by atoms with van der Waals surface area (Å²) in [4.78, 5) is 0. The number of methoxy groups -OCH3 is 2. The average molecular weight is 240 g/mol. The van der Waals surface area contributed by atoms with E-state index in [4.69, 9.17) is 9.47 Å². The molecule has 0 aliphatic heterocycles. The Morgan fingerprint density at radius 1 is 0.778 bits per heavy atom. The summed E-state index contributed by atoms with van der Waals surface area (Å²) in [5, 5.41) is 2.27. The third-order valence-electron chi connectivity index (χ3n) is 2.98. The molecule has 0 N–H and O–H groups in total. The number of rotatable bonds is 4. The normalized spacial score (nSPS) is 10.1. The van der Waals surface area contributed by atoms with Crippen LogP contribution in [0.2, 0.25) is 0 Å². The van der Waals surface area contributed by atoms with Crippen LogP contribution in [-0.4, -0.2) is 14.2 Å². The molecule has 2 rings (SSSR count). The Bertz CT molecular complexity index is 561. The molecular weight excluding hydrogens is 224 g/mol. The van der Waals surface area contributed by atoms with E-state index in [0.717, 1.165) is 21.9 Å². The van der Waals surface area contributed by atoms with E-state index in [-0.39, 0.29) is 0 Å². The van der Waals surface area contributed by atoms with Crippen LogP contribution in [0.1, 0.15) is 11.1 Å². The van der Waals surface area contributed by atoms with Gasteiger partial charge in [0.25, 0.3) is 0 Å². The maximum absolute atomic E-state index is 5.15. The lowest BCUT2D eigenvalue weighted by atomic mass is 10.0. The van der Waals surface area contributed by atoms with Crippen molar-refractivity contribution in [2.45, 2.75) is 0 Å². The second-order valence-electron chi connectivity index (χ2n) is 4.03.